The SMILES string of the molecule is Cc1cc(N2CCN(Cc3ccccc3Cl)CC2)n2ncc(-c3ccc(F)cc3)c2n1. The van der Waals surface area contributed by atoms with Gasteiger partial charge >= 0.3 is 0 Å². The number of hydrogen-bond acceptors (Lipinski definition) is 4. The summed E-state index contributed by atoms with van der Waals surface area (Å²) in [6.07, 6.45) is 1.81. The minimum absolute atomic E-state index is 0.250. The highest BCUT2D eigenvalue weighted by atomic mass is 35.5. The van der Waals surface area contributed by atoms with E-state index in [1.165, 1.54) is 12.1 Å². The van der Waals surface area contributed by atoms with Crippen molar-refractivity contribution in [1.29, 1.82) is 0 Å². The standard InChI is InChI=1S/C24H23ClFN5/c1-17-14-23(30-12-10-29(11-13-30)16-19-4-2-3-5-22(19)25)31-24(28-17)21(15-27-31)18-6-8-20(26)9-7-18/h2-9,14-15H,10-13,16H2,1H3. The van der Waals surface area contributed by atoms with Gasteiger partial charge in [-0.15, -0.1) is 0 Å². The van der Waals surface area contributed by atoms with Crippen molar-refractivity contribution in [3.63, 3.8) is 0 Å². The molecule has 31 heavy (non-hydrogen) atoms. The van der Waals surface area contributed by atoms with E-state index in [1.54, 1.807) is 12.1 Å². The summed E-state index contributed by atoms with van der Waals surface area (Å²) in [5.74, 6) is 0.785. The van der Waals surface area contributed by atoms with Crippen LogP contribution in [0.5, 0.6) is 0 Å². The lowest BCUT2D eigenvalue weighted by Crippen LogP contribution is -2.46. The summed E-state index contributed by atoms with van der Waals surface area (Å²) in [6, 6.07) is 16.6. The molecule has 2 aromatic heterocycles. The molecule has 158 valence electrons. The fourth-order valence-corrected chi connectivity index (χ4v) is 4.32. The summed E-state index contributed by atoms with van der Waals surface area (Å²) in [5, 5.41) is 5.44. The van der Waals surface area contributed by atoms with Gasteiger partial charge in [0.1, 0.15) is 11.6 Å². The maximum absolute atomic E-state index is 13.4. The van der Waals surface area contributed by atoms with Crippen LogP contribution >= 0.6 is 11.6 Å². The molecule has 0 unspecified atom stereocenters. The van der Waals surface area contributed by atoms with E-state index in [0.717, 1.165) is 71.6 Å². The molecule has 2 aromatic carbocycles. The molecule has 0 aliphatic carbocycles. The van der Waals surface area contributed by atoms with Crippen LogP contribution in [0.4, 0.5) is 10.2 Å². The number of nitrogens with zero attached hydrogens (tertiary/aromatic N) is 5. The Kier molecular flexibility index (Phi) is 5.34. The van der Waals surface area contributed by atoms with E-state index in [0.29, 0.717) is 0 Å². The lowest BCUT2D eigenvalue weighted by atomic mass is 10.1. The van der Waals surface area contributed by atoms with Crippen molar-refractivity contribution in [2.75, 3.05) is 31.1 Å². The van der Waals surface area contributed by atoms with Crippen LogP contribution in [0, 0.1) is 12.7 Å². The minimum atomic E-state index is -0.250. The highest BCUT2D eigenvalue weighted by molar-refractivity contribution is 6.31. The summed E-state index contributed by atoms with van der Waals surface area (Å²) in [5.41, 5.74) is 4.70. The number of halogens is 2. The second-order valence-corrected chi connectivity index (χ2v) is 8.32. The molecular weight excluding hydrogens is 413 g/mol. The van der Waals surface area contributed by atoms with Gasteiger partial charge in [0, 0.05) is 55.1 Å². The van der Waals surface area contributed by atoms with Crippen LogP contribution in [0.2, 0.25) is 5.02 Å². The molecule has 0 radical (unpaired) electrons. The van der Waals surface area contributed by atoms with E-state index in [1.807, 2.05) is 35.8 Å². The lowest BCUT2D eigenvalue weighted by molar-refractivity contribution is 0.249. The van der Waals surface area contributed by atoms with Crippen molar-refractivity contribution < 1.29 is 4.39 Å². The molecule has 5 rings (SSSR count). The molecule has 1 saturated heterocycles. The molecule has 7 heteroatoms. The third-order valence-corrected chi connectivity index (χ3v) is 6.15. The van der Waals surface area contributed by atoms with Crippen molar-refractivity contribution in [3.05, 3.63) is 82.9 Å². The fourth-order valence-electron chi connectivity index (χ4n) is 4.13. The molecule has 0 saturated carbocycles. The van der Waals surface area contributed by atoms with Crippen LogP contribution in [-0.2, 0) is 6.54 Å². The first-order valence-electron chi connectivity index (χ1n) is 10.4. The molecule has 4 aromatic rings. The molecule has 0 amide bonds. The highest BCUT2D eigenvalue weighted by Crippen LogP contribution is 2.28. The summed E-state index contributed by atoms with van der Waals surface area (Å²) >= 11 is 6.34. The zero-order chi connectivity index (χ0) is 21.4. The van der Waals surface area contributed by atoms with E-state index < -0.39 is 0 Å². The number of hydrogen-bond donors (Lipinski definition) is 0. The number of fused-ring (bicyclic) bond motifs is 1. The smallest absolute Gasteiger partial charge is 0.165 e. The molecule has 1 aliphatic heterocycles. The van der Waals surface area contributed by atoms with Gasteiger partial charge in [-0.2, -0.15) is 9.61 Å². The lowest BCUT2D eigenvalue weighted by Gasteiger charge is -2.36. The second-order valence-electron chi connectivity index (χ2n) is 7.91. The Balaban J connectivity index is 1.38. The van der Waals surface area contributed by atoms with Crippen molar-refractivity contribution in [2.24, 2.45) is 0 Å². The van der Waals surface area contributed by atoms with Crippen LogP contribution in [0.3, 0.4) is 0 Å². The van der Waals surface area contributed by atoms with Crippen LogP contribution in [0.15, 0.2) is 60.8 Å². The first-order chi connectivity index (χ1) is 15.1. The zero-order valence-corrected chi connectivity index (χ0v) is 18.1. The van der Waals surface area contributed by atoms with Crippen molar-refractivity contribution in [2.45, 2.75) is 13.5 Å². The van der Waals surface area contributed by atoms with Gasteiger partial charge in [0.05, 0.1) is 6.20 Å². The number of piperazine rings is 1. The van der Waals surface area contributed by atoms with Gasteiger partial charge in [-0.05, 0) is 36.2 Å². The number of aromatic nitrogens is 3. The van der Waals surface area contributed by atoms with Gasteiger partial charge in [-0.25, -0.2) is 9.37 Å². The summed E-state index contributed by atoms with van der Waals surface area (Å²) in [6.45, 7) is 6.54. The maximum Gasteiger partial charge on any atom is 0.165 e. The Morgan fingerprint density at radius 1 is 1.00 bits per heavy atom. The predicted molar refractivity (Wildman–Crippen MR) is 122 cm³/mol. The Hall–Kier alpha value is -2.96. The predicted octanol–water partition coefficient (Wildman–Crippen LogP) is 4.82. The largest absolute Gasteiger partial charge is 0.354 e. The van der Waals surface area contributed by atoms with Crippen LogP contribution < -0.4 is 4.90 Å². The molecule has 5 nitrogen and oxygen atoms in total. The average Bonchev–Trinajstić information content (AvgIpc) is 3.20. The van der Waals surface area contributed by atoms with E-state index >= 15 is 0 Å². The third-order valence-electron chi connectivity index (χ3n) is 5.78. The van der Waals surface area contributed by atoms with E-state index in [9.17, 15) is 4.39 Å². The summed E-state index contributed by atoms with van der Waals surface area (Å²) in [7, 11) is 0. The second kappa shape index (κ2) is 8.29. The van der Waals surface area contributed by atoms with E-state index in [2.05, 4.69) is 27.0 Å². The molecule has 0 bridgehead atoms. The Morgan fingerprint density at radius 2 is 1.74 bits per heavy atom. The van der Waals surface area contributed by atoms with Crippen LogP contribution in [0.1, 0.15) is 11.3 Å². The quantitative estimate of drug-likeness (QED) is 0.460. The molecule has 0 N–H and O–H groups in total. The Labute approximate surface area is 185 Å². The van der Waals surface area contributed by atoms with Crippen molar-refractivity contribution in [1.82, 2.24) is 19.5 Å². The highest BCUT2D eigenvalue weighted by Gasteiger charge is 2.22. The maximum atomic E-state index is 13.4. The molecule has 0 atom stereocenters. The first kappa shape index (κ1) is 20.0. The van der Waals surface area contributed by atoms with Crippen molar-refractivity contribution >= 4 is 23.1 Å². The van der Waals surface area contributed by atoms with Gasteiger partial charge in [-0.1, -0.05) is 41.9 Å². The molecule has 0 spiro atoms. The topological polar surface area (TPSA) is 36.7 Å². The zero-order valence-electron chi connectivity index (χ0n) is 17.3. The first-order valence-corrected chi connectivity index (χ1v) is 10.8. The van der Waals surface area contributed by atoms with Gasteiger partial charge in [-0.3, -0.25) is 4.90 Å². The number of rotatable bonds is 4. The Bertz CT molecular complexity index is 1210. The third kappa shape index (κ3) is 4.01. The number of anilines is 1. The number of aryl methyl sites for hydroxylation is 1. The van der Waals surface area contributed by atoms with Crippen molar-refractivity contribution in [3.8, 4) is 11.1 Å². The molecule has 1 aliphatic rings. The average molecular weight is 436 g/mol. The Morgan fingerprint density at radius 3 is 2.48 bits per heavy atom. The monoisotopic (exact) mass is 435 g/mol. The van der Waals surface area contributed by atoms with Gasteiger partial charge in [0.15, 0.2) is 5.65 Å². The van der Waals surface area contributed by atoms with Gasteiger partial charge in [0.2, 0.25) is 0 Å². The summed E-state index contributed by atoms with van der Waals surface area (Å²) < 4.78 is 15.2. The van der Waals surface area contributed by atoms with Gasteiger partial charge in [0.25, 0.3) is 0 Å². The molecule has 3 heterocycles. The van der Waals surface area contributed by atoms with Crippen LogP contribution in [-0.4, -0.2) is 45.7 Å². The molecular formula is C24H23ClFN5. The minimum Gasteiger partial charge on any atom is -0.354 e. The summed E-state index contributed by atoms with van der Waals surface area (Å²) in [4.78, 5) is 9.51. The molecule has 1 fully saturated rings. The normalized spacial score (nSPS) is 15.0. The van der Waals surface area contributed by atoms with E-state index in [4.69, 9.17) is 16.6 Å². The number of benzene rings is 2. The fraction of sp³-hybridized carbons (Fsp3) is 0.250. The van der Waals surface area contributed by atoms with Crippen LogP contribution in [0.25, 0.3) is 16.8 Å². The van der Waals surface area contributed by atoms with Gasteiger partial charge < -0.3 is 4.90 Å². The van der Waals surface area contributed by atoms with E-state index in [-0.39, 0.29) is 5.82 Å².